The fourth-order valence-electron chi connectivity index (χ4n) is 4.10. The minimum atomic E-state index is -0.433. The van der Waals surface area contributed by atoms with Crippen LogP contribution in [0.4, 0.5) is 0 Å². The maximum Gasteiger partial charge on any atom is 0.317 e. The maximum absolute atomic E-state index is 11.8. The van der Waals surface area contributed by atoms with Crippen LogP contribution in [0, 0.1) is 5.92 Å². The van der Waals surface area contributed by atoms with Gasteiger partial charge in [0.2, 0.25) is 5.75 Å². The summed E-state index contributed by atoms with van der Waals surface area (Å²) in [6.45, 7) is 0. The van der Waals surface area contributed by atoms with Crippen molar-refractivity contribution in [1.82, 2.24) is 0 Å². The highest BCUT2D eigenvalue weighted by molar-refractivity contribution is 6.54. The summed E-state index contributed by atoms with van der Waals surface area (Å²) in [5.41, 5.74) is 0. The zero-order valence-corrected chi connectivity index (χ0v) is 21.7. The first kappa shape index (κ1) is 25.3. The molecule has 4 aromatic carbocycles. The van der Waals surface area contributed by atoms with Crippen molar-refractivity contribution in [2.24, 2.45) is 5.92 Å². The van der Waals surface area contributed by atoms with Crippen LogP contribution in [0.1, 0.15) is 19.3 Å². The van der Waals surface area contributed by atoms with Gasteiger partial charge in [0, 0.05) is 0 Å². The highest BCUT2D eigenvalue weighted by Gasteiger charge is 2.32. The van der Waals surface area contributed by atoms with E-state index in [0.717, 1.165) is 17.7 Å². The molecule has 7 heteroatoms. The van der Waals surface area contributed by atoms with Gasteiger partial charge in [0.1, 0.15) is 17.2 Å². The number of carbonyl (C=O) groups excluding carboxylic acids is 2. The first-order valence-corrected chi connectivity index (χ1v) is 13.7. The monoisotopic (exact) mass is 522 g/mol. The van der Waals surface area contributed by atoms with Crippen LogP contribution in [0.2, 0.25) is 6.04 Å². The van der Waals surface area contributed by atoms with Gasteiger partial charge in [-0.25, -0.2) is 0 Å². The van der Waals surface area contributed by atoms with E-state index in [4.69, 9.17) is 14.2 Å². The Labute approximate surface area is 224 Å². The van der Waals surface area contributed by atoms with E-state index >= 15 is 0 Å². The van der Waals surface area contributed by atoms with Gasteiger partial charge in [0.05, 0.1) is 21.9 Å². The minimum Gasteiger partial charge on any atom is -0.453 e. The van der Waals surface area contributed by atoms with E-state index in [0.29, 0.717) is 50.4 Å². The van der Waals surface area contributed by atoms with Crippen molar-refractivity contribution in [1.29, 1.82) is 0 Å². The van der Waals surface area contributed by atoms with E-state index in [1.54, 1.807) is 0 Å². The number of rotatable bonds is 11. The molecule has 1 heterocycles. The van der Waals surface area contributed by atoms with Crippen LogP contribution in [-0.2, 0) is 14.3 Å². The SMILES string of the molecule is O=C1CC(CCC[Si]c2ccc(Oc3ccccc3)c(Oc3ccccc3)c2Oc2ccccc2)C(=O)O1. The molecular weight excluding hydrogens is 496 g/mol. The number of benzene rings is 4. The molecular formula is C31H26O6Si. The number of ether oxygens (including phenoxy) is 4. The third kappa shape index (κ3) is 6.49. The summed E-state index contributed by atoms with van der Waals surface area (Å²) in [6, 6.07) is 33.4. The highest BCUT2D eigenvalue weighted by Crippen LogP contribution is 2.43. The number of carbonyl (C=O) groups is 2. The summed E-state index contributed by atoms with van der Waals surface area (Å²) in [5, 5.41) is 0.977. The number of hydrogen-bond donors (Lipinski definition) is 0. The van der Waals surface area contributed by atoms with Crippen molar-refractivity contribution in [2.45, 2.75) is 25.3 Å². The van der Waals surface area contributed by atoms with Gasteiger partial charge in [-0.15, -0.1) is 0 Å². The second-order valence-electron chi connectivity index (χ2n) is 8.78. The quantitative estimate of drug-likeness (QED) is 0.0947. The molecule has 0 saturated carbocycles. The van der Waals surface area contributed by atoms with Gasteiger partial charge in [0.25, 0.3) is 0 Å². The molecule has 1 atom stereocenters. The van der Waals surface area contributed by atoms with E-state index in [1.807, 2.05) is 103 Å². The first-order valence-electron chi connectivity index (χ1n) is 12.5. The molecule has 1 aliphatic rings. The summed E-state index contributed by atoms with van der Waals surface area (Å²) in [7, 11) is 0.388. The minimum absolute atomic E-state index is 0.172. The van der Waals surface area contributed by atoms with Crippen molar-refractivity contribution in [3.8, 4) is 34.5 Å². The molecule has 0 aromatic heterocycles. The number of para-hydroxylation sites is 3. The molecule has 1 fully saturated rings. The average molecular weight is 523 g/mol. The van der Waals surface area contributed by atoms with Crippen LogP contribution in [-0.4, -0.2) is 21.5 Å². The zero-order chi connectivity index (χ0) is 26.2. The predicted molar refractivity (Wildman–Crippen MR) is 145 cm³/mol. The molecule has 1 saturated heterocycles. The van der Waals surface area contributed by atoms with Crippen molar-refractivity contribution < 1.29 is 28.5 Å². The number of hydrogen-bond acceptors (Lipinski definition) is 6. The lowest BCUT2D eigenvalue weighted by Crippen LogP contribution is -2.18. The molecule has 6 nitrogen and oxygen atoms in total. The number of cyclic esters (lactones) is 2. The molecule has 0 amide bonds. The van der Waals surface area contributed by atoms with Crippen LogP contribution in [0.25, 0.3) is 0 Å². The van der Waals surface area contributed by atoms with E-state index < -0.39 is 11.9 Å². The molecule has 1 aliphatic heterocycles. The Balaban J connectivity index is 1.45. The Bertz CT molecular complexity index is 1380. The molecule has 1 unspecified atom stereocenters. The van der Waals surface area contributed by atoms with Crippen LogP contribution in [0.5, 0.6) is 34.5 Å². The van der Waals surface area contributed by atoms with E-state index in [9.17, 15) is 9.59 Å². The fourth-order valence-corrected chi connectivity index (χ4v) is 5.28. The molecule has 190 valence electrons. The van der Waals surface area contributed by atoms with Crippen molar-refractivity contribution >= 4 is 26.6 Å². The smallest absolute Gasteiger partial charge is 0.317 e. The third-order valence-electron chi connectivity index (χ3n) is 5.98. The second-order valence-corrected chi connectivity index (χ2v) is 10.2. The van der Waals surface area contributed by atoms with Crippen LogP contribution >= 0.6 is 0 Å². The van der Waals surface area contributed by atoms with E-state index in [-0.39, 0.29) is 12.3 Å². The highest BCUT2D eigenvalue weighted by atomic mass is 28.2. The van der Waals surface area contributed by atoms with Gasteiger partial charge in [-0.05, 0) is 54.1 Å². The molecule has 0 aliphatic carbocycles. The van der Waals surface area contributed by atoms with Crippen molar-refractivity contribution in [3.63, 3.8) is 0 Å². The largest absolute Gasteiger partial charge is 0.453 e. The fraction of sp³-hybridized carbons (Fsp3) is 0.161. The van der Waals surface area contributed by atoms with Crippen molar-refractivity contribution in [3.05, 3.63) is 103 Å². The lowest BCUT2D eigenvalue weighted by Gasteiger charge is -2.19. The Morgan fingerprint density at radius 3 is 1.79 bits per heavy atom. The molecule has 0 N–H and O–H groups in total. The summed E-state index contributed by atoms with van der Waals surface area (Å²) in [5.74, 6) is 2.45. The average Bonchev–Trinajstić information content (AvgIpc) is 3.27. The second kappa shape index (κ2) is 12.3. The van der Waals surface area contributed by atoms with Gasteiger partial charge in [-0.1, -0.05) is 73.1 Å². The third-order valence-corrected chi connectivity index (χ3v) is 7.36. The Kier molecular flexibility index (Phi) is 8.15. The lowest BCUT2D eigenvalue weighted by molar-refractivity contribution is -0.153. The maximum atomic E-state index is 11.8. The van der Waals surface area contributed by atoms with E-state index in [2.05, 4.69) is 4.74 Å². The summed E-state index contributed by atoms with van der Waals surface area (Å²) in [6.07, 6.45) is 1.58. The first-order chi connectivity index (χ1) is 18.7. The Hall–Kier alpha value is -4.36. The molecule has 0 bridgehead atoms. The predicted octanol–water partition coefficient (Wildman–Crippen LogP) is 6.68. The Morgan fingerprint density at radius 1 is 0.684 bits per heavy atom. The normalized spacial score (nSPS) is 14.7. The van der Waals surface area contributed by atoms with Crippen molar-refractivity contribution in [2.75, 3.05) is 0 Å². The topological polar surface area (TPSA) is 71.1 Å². The molecule has 0 spiro atoms. The summed E-state index contributed by atoms with van der Waals surface area (Å²) >= 11 is 0. The number of esters is 2. The summed E-state index contributed by atoms with van der Waals surface area (Å²) in [4.78, 5) is 23.2. The standard InChI is InChI=1S/C31H26O6Si/c32-28-21-22(31(33)37-28)11-10-20-38-27-19-18-26(34-23-12-4-1-5-13-23)29(35-24-14-6-2-7-15-24)30(27)36-25-16-8-3-9-17-25/h1-9,12-19,22H,10-11,20-21H2. The zero-order valence-electron chi connectivity index (χ0n) is 20.7. The van der Waals surface area contributed by atoms with Crippen LogP contribution in [0.3, 0.4) is 0 Å². The van der Waals surface area contributed by atoms with Crippen LogP contribution < -0.4 is 19.4 Å². The summed E-state index contributed by atoms with van der Waals surface area (Å²) < 4.78 is 23.8. The molecule has 4 aromatic rings. The lowest BCUT2D eigenvalue weighted by atomic mass is 10.0. The van der Waals surface area contributed by atoms with Gasteiger partial charge in [0.15, 0.2) is 11.5 Å². The van der Waals surface area contributed by atoms with Gasteiger partial charge in [-0.3, -0.25) is 9.59 Å². The van der Waals surface area contributed by atoms with Crippen LogP contribution in [0.15, 0.2) is 103 Å². The van der Waals surface area contributed by atoms with Gasteiger partial charge in [-0.2, -0.15) is 0 Å². The van der Waals surface area contributed by atoms with Gasteiger partial charge < -0.3 is 18.9 Å². The molecule has 38 heavy (non-hydrogen) atoms. The Morgan fingerprint density at radius 2 is 1.24 bits per heavy atom. The molecule has 2 radical (unpaired) electrons. The van der Waals surface area contributed by atoms with E-state index in [1.165, 1.54) is 0 Å². The molecule has 5 rings (SSSR count). The van der Waals surface area contributed by atoms with Gasteiger partial charge >= 0.3 is 11.9 Å².